The lowest BCUT2D eigenvalue weighted by Gasteiger charge is -2.38. The first-order chi connectivity index (χ1) is 19.9. The maximum Gasteiger partial charge on any atom is 0.306 e. The summed E-state index contributed by atoms with van der Waals surface area (Å²) in [6, 6.07) is 18.9. The molecule has 10 heteroatoms. The van der Waals surface area contributed by atoms with E-state index in [-0.39, 0.29) is 24.7 Å². The normalized spacial score (nSPS) is 19.8. The molecule has 6 rings (SSSR count). The largest absolute Gasteiger partial charge is 0.481 e. The van der Waals surface area contributed by atoms with Gasteiger partial charge in [0.1, 0.15) is 6.10 Å². The minimum Gasteiger partial charge on any atom is -0.481 e. The Bertz CT molecular complexity index is 1490. The van der Waals surface area contributed by atoms with Crippen LogP contribution in [0.3, 0.4) is 0 Å². The van der Waals surface area contributed by atoms with E-state index in [0.717, 1.165) is 36.3 Å². The predicted octanol–water partition coefficient (Wildman–Crippen LogP) is 5.16. The van der Waals surface area contributed by atoms with Crippen LogP contribution in [0.15, 0.2) is 54.6 Å². The van der Waals surface area contributed by atoms with E-state index in [4.69, 9.17) is 31.2 Å². The van der Waals surface area contributed by atoms with Crippen LogP contribution in [0.5, 0.6) is 6.01 Å². The summed E-state index contributed by atoms with van der Waals surface area (Å²) in [7, 11) is 0. The predicted molar refractivity (Wildman–Crippen MR) is 156 cm³/mol. The van der Waals surface area contributed by atoms with E-state index < -0.39 is 5.97 Å². The Morgan fingerprint density at radius 3 is 2.27 bits per heavy atom. The number of H-pyrrole nitrogens is 1. The van der Waals surface area contributed by atoms with Crippen LogP contribution in [0.4, 0.5) is 0 Å². The minimum absolute atomic E-state index is 0.0669. The van der Waals surface area contributed by atoms with E-state index in [1.807, 2.05) is 18.2 Å². The molecule has 2 aliphatic rings. The van der Waals surface area contributed by atoms with Crippen molar-refractivity contribution in [1.29, 1.82) is 0 Å². The molecule has 4 aromatic rings. The van der Waals surface area contributed by atoms with Crippen molar-refractivity contribution in [3.05, 3.63) is 65.2 Å². The number of benzene rings is 2. The van der Waals surface area contributed by atoms with Gasteiger partial charge in [0.2, 0.25) is 0 Å². The fourth-order valence-electron chi connectivity index (χ4n) is 5.60. The number of imidazole rings is 1. The molecule has 2 aromatic heterocycles. The van der Waals surface area contributed by atoms with Crippen LogP contribution in [-0.2, 0) is 16.1 Å². The third kappa shape index (κ3) is 6.38. The molecular weight excluding hydrogens is 544 g/mol. The molecule has 2 aromatic carbocycles. The number of carbonyl (C=O) groups is 1. The van der Waals surface area contributed by atoms with Crippen molar-refractivity contribution in [1.82, 2.24) is 19.9 Å². The number of fused-ring (bicyclic) bond motifs is 1. The van der Waals surface area contributed by atoms with Crippen LogP contribution < -0.4 is 4.74 Å². The van der Waals surface area contributed by atoms with Gasteiger partial charge in [0.15, 0.2) is 5.65 Å². The van der Waals surface area contributed by atoms with Crippen LogP contribution >= 0.6 is 11.6 Å². The summed E-state index contributed by atoms with van der Waals surface area (Å²) >= 11 is 6.62. The number of nitrogens with zero attached hydrogens (tertiary/aromatic N) is 3. The van der Waals surface area contributed by atoms with Crippen LogP contribution in [0, 0.1) is 5.92 Å². The van der Waals surface area contributed by atoms with E-state index in [9.17, 15) is 9.90 Å². The van der Waals surface area contributed by atoms with Crippen molar-refractivity contribution in [2.24, 2.45) is 5.92 Å². The average Bonchev–Trinajstić information content (AvgIpc) is 3.35. The smallest absolute Gasteiger partial charge is 0.306 e. The summed E-state index contributed by atoms with van der Waals surface area (Å²) in [6.45, 7) is 3.15. The zero-order chi connectivity index (χ0) is 28.3. The number of aliphatic hydroxyl groups is 1. The molecule has 0 amide bonds. The highest BCUT2D eigenvalue weighted by Crippen LogP contribution is 2.32. The molecule has 3 N–H and O–H groups in total. The minimum atomic E-state index is -0.733. The van der Waals surface area contributed by atoms with E-state index in [1.165, 1.54) is 5.56 Å². The first kappa shape index (κ1) is 27.7. The van der Waals surface area contributed by atoms with Gasteiger partial charge in [0.25, 0.3) is 6.01 Å². The van der Waals surface area contributed by atoms with Gasteiger partial charge in [-0.15, -0.1) is 0 Å². The number of likely N-dealkylation sites (tertiary alicyclic amines) is 1. The van der Waals surface area contributed by atoms with Gasteiger partial charge in [-0.3, -0.25) is 9.69 Å². The molecule has 9 nitrogen and oxygen atoms in total. The Labute approximate surface area is 243 Å². The fourth-order valence-corrected chi connectivity index (χ4v) is 5.86. The number of aromatic nitrogens is 3. The maximum atomic E-state index is 11.2. The number of aromatic amines is 1. The van der Waals surface area contributed by atoms with Crippen LogP contribution in [0.2, 0.25) is 5.02 Å². The molecule has 0 radical (unpaired) electrons. The molecule has 1 aliphatic carbocycles. The van der Waals surface area contributed by atoms with Gasteiger partial charge in [-0.2, -0.15) is 4.98 Å². The van der Waals surface area contributed by atoms with Crippen molar-refractivity contribution in [2.75, 3.05) is 26.3 Å². The number of nitrogens with one attached hydrogen (secondary N) is 1. The first-order valence-electron chi connectivity index (χ1n) is 14.1. The summed E-state index contributed by atoms with van der Waals surface area (Å²) < 4.78 is 11.6. The summed E-state index contributed by atoms with van der Waals surface area (Å²) in [5, 5.41) is 18.6. The van der Waals surface area contributed by atoms with Gasteiger partial charge in [-0.05, 0) is 48.4 Å². The molecule has 0 spiro atoms. The van der Waals surface area contributed by atoms with E-state index >= 15 is 0 Å². The fraction of sp³-hybridized carbons (Fsp3) is 0.387. The third-order valence-electron chi connectivity index (χ3n) is 7.93. The van der Waals surface area contributed by atoms with Gasteiger partial charge in [-0.1, -0.05) is 60.1 Å². The number of hydrogen-bond donors (Lipinski definition) is 3. The number of aliphatic hydroxyl groups excluding tert-OH is 1. The van der Waals surface area contributed by atoms with Crippen molar-refractivity contribution in [3.63, 3.8) is 0 Å². The molecule has 214 valence electrons. The molecule has 0 bridgehead atoms. The monoisotopic (exact) mass is 576 g/mol. The van der Waals surface area contributed by atoms with Crippen molar-refractivity contribution < 1.29 is 24.5 Å². The standard InChI is InChI=1S/C31H33ClN4O5/c32-26-15-27-29(35-31(33-27)41-24-11-9-23(10-12-24)30(38)39)34-28(26)22-7-5-21(6-8-22)20-3-1-19(2-4-20)16-36-17-25(18-36)40-14-13-37/h1-8,15,23-25,37H,9-14,16-18H2,(H,38,39)(H,33,34,35)/t23-,24-. The third-order valence-corrected chi connectivity index (χ3v) is 8.22. The molecule has 2 fully saturated rings. The second-order valence-electron chi connectivity index (χ2n) is 10.8. The highest BCUT2D eigenvalue weighted by atomic mass is 35.5. The Kier molecular flexibility index (Phi) is 8.20. The molecular formula is C31H33ClN4O5. The van der Waals surface area contributed by atoms with Gasteiger partial charge in [0, 0.05) is 25.2 Å². The molecule has 41 heavy (non-hydrogen) atoms. The number of carboxylic acids is 1. The number of rotatable bonds is 10. The number of pyridine rings is 1. The first-order valence-corrected chi connectivity index (χ1v) is 14.4. The average molecular weight is 577 g/mol. The lowest BCUT2D eigenvalue weighted by molar-refractivity contribution is -0.143. The summed E-state index contributed by atoms with van der Waals surface area (Å²) in [5.41, 5.74) is 6.25. The van der Waals surface area contributed by atoms with Crippen molar-refractivity contribution in [3.8, 4) is 28.4 Å². The van der Waals surface area contributed by atoms with E-state index in [2.05, 4.69) is 51.3 Å². The Morgan fingerprint density at radius 2 is 1.61 bits per heavy atom. The second-order valence-corrected chi connectivity index (χ2v) is 11.3. The summed E-state index contributed by atoms with van der Waals surface area (Å²) in [5.74, 6) is -1.02. The highest BCUT2D eigenvalue weighted by molar-refractivity contribution is 6.33. The lowest BCUT2D eigenvalue weighted by atomic mass is 9.87. The number of hydrogen-bond acceptors (Lipinski definition) is 7. The molecule has 0 atom stereocenters. The number of ether oxygens (including phenoxy) is 2. The van der Waals surface area contributed by atoms with Gasteiger partial charge < -0.3 is 24.7 Å². The second kappa shape index (κ2) is 12.2. The molecule has 1 aliphatic heterocycles. The Balaban J connectivity index is 1.09. The Hall–Kier alpha value is -3.50. The topological polar surface area (TPSA) is 121 Å². The van der Waals surface area contributed by atoms with Gasteiger partial charge >= 0.3 is 5.97 Å². The molecule has 3 heterocycles. The zero-order valence-electron chi connectivity index (χ0n) is 22.6. The number of halogens is 1. The SMILES string of the molecule is O=C(O)[C@H]1CC[C@H](Oc2nc3nc(-c4ccc(-c5ccc(CN6CC(OCCO)C6)cc5)cc4)c(Cl)cc3[nH]2)CC1. The summed E-state index contributed by atoms with van der Waals surface area (Å²) in [4.78, 5) is 25.9. The zero-order valence-corrected chi connectivity index (χ0v) is 23.4. The molecule has 1 saturated carbocycles. The summed E-state index contributed by atoms with van der Waals surface area (Å²) in [6.07, 6.45) is 2.74. The molecule has 1 saturated heterocycles. The van der Waals surface area contributed by atoms with Crippen LogP contribution in [0.25, 0.3) is 33.5 Å². The number of carboxylic acid groups (broad SMARTS) is 1. The maximum absolute atomic E-state index is 11.2. The van der Waals surface area contributed by atoms with E-state index in [1.54, 1.807) is 0 Å². The van der Waals surface area contributed by atoms with Crippen molar-refractivity contribution >= 4 is 28.7 Å². The number of aliphatic carboxylic acids is 1. The quantitative estimate of drug-likeness (QED) is 0.237. The Morgan fingerprint density at radius 1 is 0.951 bits per heavy atom. The van der Waals surface area contributed by atoms with Gasteiger partial charge in [-0.25, -0.2) is 4.98 Å². The lowest BCUT2D eigenvalue weighted by Crippen LogP contribution is -2.51. The highest BCUT2D eigenvalue weighted by Gasteiger charge is 2.28. The van der Waals surface area contributed by atoms with Gasteiger partial charge in [0.05, 0.1) is 41.5 Å². The molecule has 0 unspecified atom stereocenters. The van der Waals surface area contributed by atoms with Crippen molar-refractivity contribution in [2.45, 2.75) is 44.4 Å². The van der Waals surface area contributed by atoms with Crippen LogP contribution in [-0.4, -0.2) is 74.5 Å². The van der Waals surface area contributed by atoms with E-state index in [0.29, 0.717) is 60.2 Å². The van der Waals surface area contributed by atoms with Crippen LogP contribution in [0.1, 0.15) is 31.2 Å².